The lowest BCUT2D eigenvalue weighted by molar-refractivity contribution is 0.112. The monoisotopic (exact) mass is 191 g/mol. The second-order valence-electron chi connectivity index (χ2n) is 2.66. The molecule has 13 heavy (non-hydrogen) atoms. The summed E-state index contributed by atoms with van der Waals surface area (Å²) in [6, 6.07) is 7.09. The van der Waals surface area contributed by atoms with Crippen molar-refractivity contribution in [2.45, 2.75) is 0 Å². The number of aldehydes is 1. The molecule has 1 aromatic heterocycles. The Balaban J connectivity index is 2.86. The van der Waals surface area contributed by atoms with Gasteiger partial charge in [-0.15, -0.1) is 0 Å². The van der Waals surface area contributed by atoms with E-state index in [9.17, 15) is 4.79 Å². The zero-order chi connectivity index (χ0) is 9.26. The van der Waals surface area contributed by atoms with Crippen molar-refractivity contribution in [3.05, 3.63) is 41.0 Å². The van der Waals surface area contributed by atoms with Gasteiger partial charge < -0.3 is 0 Å². The molecule has 0 aliphatic rings. The van der Waals surface area contributed by atoms with Crippen LogP contribution in [0.15, 0.2) is 30.5 Å². The molecule has 1 aromatic carbocycles. The average Bonchev–Trinajstić information content (AvgIpc) is 2.19. The fourth-order valence-corrected chi connectivity index (χ4v) is 1.49. The van der Waals surface area contributed by atoms with Crippen LogP contribution < -0.4 is 0 Å². The number of halogens is 1. The van der Waals surface area contributed by atoms with Gasteiger partial charge in [-0.1, -0.05) is 11.6 Å². The molecular formula is C10H6ClNO. The van der Waals surface area contributed by atoms with Crippen LogP contribution in [0.3, 0.4) is 0 Å². The number of nitrogens with zero attached hydrogens (tertiary/aromatic N) is 1. The van der Waals surface area contributed by atoms with Crippen LogP contribution in [0, 0.1) is 0 Å². The lowest BCUT2D eigenvalue weighted by atomic mass is 10.1. The maximum absolute atomic E-state index is 10.6. The molecule has 2 nitrogen and oxygen atoms in total. The van der Waals surface area contributed by atoms with Gasteiger partial charge in [-0.3, -0.25) is 9.78 Å². The fourth-order valence-electron chi connectivity index (χ4n) is 1.22. The second-order valence-corrected chi connectivity index (χ2v) is 3.03. The fraction of sp³-hybridized carbons (Fsp3) is 0. The van der Waals surface area contributed by atoms with Gasteiger partial charge in [-0.2, -0.15) is 0 Å². The van der Waals surface area contributed by atoms with E-state index >= 15 is 0 Å². The predicted molar refractivity (Wildman–Crippen MR) is 52.1 cm³/mol. The Kier molecular flexibility index (Phi) is 1.99. The van der Waals surface area contributed by atoms with Crippen LogP contribution >= 0.6 is 11.6 Å². The highest BCUT2D eigenvalue weighted by Crippen LogP contribution is 2.24. The Morgan fingerprint density at radius 1 is 1.31 bits per heavy atom. The Hall–Kier alpha value is -1.41. The SMILES string of the molecule is O=Cc1ccc2ncccc2c1Cl. The number of fused-ring (bicyclic) bond motifs is 1. The van der Waals surface area contributed by atoms with Gasteiger partial charge in [0, 0.05) is 17.1 Å². The average molecular weight is 192 g/mol. The molecule has 0 bridgehead atoms. The summed E-state index contributed by atoms with van der Waals surface area (Å²) < 4.78 is 0. The summed E-state index contributed by atoms with van der Waals surface area (Å²) in [6.07, 6.45) is 2.44. The van der Waals surface area contributed by atoms with Crippen LogP contribution in [0.5, 0.6) is 0 Å². The smallest absolute Gasteiger partial charge is 0.151 e. The van der Waals surface area contributed by atoms with Crippen molar-refractivity contribution in [1.29, 1.82) is 0 Å². The van der Waals surface area contributed by atoms with Crippen molar-refractivity contribution < 1.29 is 4.79 Å². The van der Waals surface area contributed by atoms with Crippen LogP contribution in [-0.4, -0.2) is 11.3 Å². The summed E-state index contributed by atoms with van der Waals surface area (Å²) in [5.41, 5.74) is 1.31. The summed E-state index contributed by atoms with van der Waals surface area (Å²) in [7, 11) is 0. The highest BCUT2D eigenvalue weighted by atomic mass is 35.5. The first-order valence-electron chi connectivity index (χ1n) is 3.81. The number of carbonyl (C=O) groups excluding carboxylic acids is 1. The molecule has 0 fully saturated rings. The normalized spacial score (nSPS) is 10.2. The Morgan fingerprint density at radius 2 is 2.15 bits per heavy atom. The first-order valence-corrected chi connectivity index (χ1v) is 4.19. The number of benzene rings is 1. The quantitative estimate of drug-likeness (QED) is 0.649. The molecule has 0 atom stereocenters. The maximum atomic E-state index is 10.6. The zero-order valence-electron chi connectivity index (χ0n) is 6.70. The van der Waals surface area contributed by atoms with Gasteiger partial charge in [-0.05, 0) is 24.3 Å². The van der Waals surface area contributed by atoms with Gasteiger partial charge in [0.2, 0.25) is 0 Å². The van der Waals surface area contributed by atoms with E-state index in [1.54, 1.807) is 24.4 Å². The first kappa shape index (κ1) is 8.20. The summed E-state index contributed by atoms with van der Waals surface area (Å²) in [5, 5.41) is 1.29. The van der Waals surface area contributed by atoms with Crippen LogP contribution in [0.1, 0.15) is 10.4 Å². The molecule has 3 heteroatoms. The molecule has 1 heterocycles. The number of aromatic nitrogens is 1. The molecule has 0 amide bonds. The first-order chi connectivity index (χ1) is 6.33. The lowest BCUT2D eigenvalue weighted by Crippen LogP contribution is -1.85. The summed E-state index contributed by atoms with van der Waals surface area (Å²) >= 11 is 5.97. The van der Waals surface area contributed by atoms with Crippen molar-refractivity contribution in [3.63, 3.8) is 0 Å². The Bertz CT molecular complexity index is 467. The second kappa shape index (κ2) is 3.15. The van der Waals surface area contributed by atoms with E-state index in [-0.39, 0.29) is 0 Å². The standard InChI is InChI=1S/C10H6ClNO/c11-10-7(6-13)3-4-9-8(10)2-1-5-12-9/h1-6H. The van der Waals surface area contributed by atoms with Crippen molar-refractivity contribution in [2.75, 3.05) is 0 Å². The molecule has 0 aliphatic carbocycles. The Labute approximate surface area is 80.2 Å². The number of hydrogen-bond acceptors (Lipinski definition) is 2. The van der Waals surface area contributed by atoms with Gasteiger partial charge in [0.1, 0.15) is 0 Å². The number of pyridine rings is 1. The van der Waals surface area contributed by atoms with Gasteiger partial charge in [0.25, 0.3) is 0 Å². The Morgan fingerprint density at radius 3 is 2.92 bits per heavy atom. The van der Waals surface area contributed by atoms with E-state index in [1.165, 1.54) is 0 Å². The van der Waals surface area contributed by atoms with Crippen LogP contribution in [0.4, 0.5) is 0 Å². The largest absolute Gasteiger partial charge is 0.298 e. The van der Waals surface area contributed by atoms with E-state index in [0.717, 1.165) is 17.2 Å². The van der Waals surface area contributed by atoms with E-state index in [2.05, 4.69) is 4.98 Å². The number of carbonyl (C=O) groups is 1. The van der Waals surface area contributed by atoms with Gasteiger partial charge >= 0.3 is 0 Å². The number of hydrogen-bond donors (Lipinski definition) is 0. The summed E-state index contributed by atoms with van der Waals surface area (Å²) in [4.78, 5) is 14.7. The molecule has 0 saturated heterocycles. The topological polar surface area (TPSA) is 30.0 Å². The van der Waals surface area contributed by atoms with Crippen molar-refractivity contribution in [3.8, 4) is 0 Å². The van der Waals surface area contributed by atoms with Gasteiger partial charge in [-0.25, -0.2) is 0 Å². The lowest BCUT2D eigenvalue weighted by Gasteiger charge is -2.00. The predicted octanol–water partition coefficient (Wildman–Crippen LogP) is 2.70. The highest BCUT2D eigenvalue weighted by Gasteiger charge is 2.03. The maximum Gasteiger partial charge on any atom is 0.151 e. The van der Waals surface area contributed by atoms with Gasteiger partial charge in [0.15, 0.2) is 6.29 Å². The van der Waals surface area contributed by atoms with E-state index < -0.39 is 0 Å². The highest BCUT2D eigenvalue weighted by molar-refractivity contribution is 6.37. The molecule has 0 radical (unpaired) electrons. The van der Waals surface area contributed by atoms with E-state index in [4.69, 9.17) is 11.6 Å². The van der Waals surface area contributed by atoms with E-state index in [0.29, 0.717) is 10.6 Å². The molecule has 0 unspecified atom stereocenters. The van der Waals surface area contributed by atoms with Crippen molar-refractivity contribution in [2.24, 2.45) is 0 Å². The van der Waals surface area contributed by atoms with Gasteiger partial charge in [0.05, 0.1) is 10.5 Å². The van der Waals surface area contributed by atoms with Crippen molar-refractivity contribution >= 4 is 28.8 Å². The third kappa shape index (κ3) is 1.29. The molecule has 0 spiro atoms. The molecule has 2 rings (SSSR count). The minimum Gasteiger partial charge on any atom is -0.298 e. The summed E-state index contributed by atoms with van der Waals surface area (Å²) in [5.74, 6) is 0. The van der Waals surface area contributed by atoms with Crippen LogP contribution in [0.2, 0.25) is 5.02 Å². The molecule has 64 valence electrons. The zero-order valence-corrected chi connectivity index (χ0v) is 7.45. The van der Waals surface area contributed by atoms with E-state index in [1.807, 2.05) is 6.07 Å². The minimum absolute atomic E-state index is 0.473. The molecule has 2 aromatic rings. The third-order valence-corrected chi connectivity index (χ3v) is 2.30. The minimum atomic E-state index is 0.473. The van der Waals surface area contributed by atoms with Crippen molar-refractivity contribution in [1.82, 2.24) is 4.98 Å². The molecule has 0 aliphatic heterocycles. The molecule has 0 N–H and O–H groups in total. The summed E-state index contributed by atoms with van der Waals surface area (Å²) in [6.45, 7) is 0. The van der Waals surface area contributed by atoms with Crippen LogP contribution in [0.25, 0.3) is 10.9 Å². The number of rotatable bonds is 1. The molecular weight excluding hydrogens is 186 g/mol. The molecule has 0 saturated carbocycles. The third-order valence-electron chi connectivity index (χ3n) is 1.88. The van der Waals surface area contributed by atoms with Crippen LogP contribution in [-0.2, 0) is 0 Å².